The molecule has 0 radical (unpaired) electrons. The molecule has 1 aliphatic rings. The molecule has 0 amide bonds. The Balaban J connectivity index is 1.87. The van der Waals surface area contributed by atoms with Gasteiger partial charge in [0.1, 0.15) is 24.6 Å². The highest BCUT2D eigenvalue weighted by molar-refractivity contribution is 8.00. The Labute approximate surface area is 192 Å². The van der Waals surface area contributed by atoms with Crippen molar-refractivity contribution < 1.29 is 34.7 Å². The number of aliphatic hydroxyl groups is 4. The Morgan fingerprint density at radius 3 is 2.25 bits per heavy atom. The molecule has 0 bridgehead atoms. The first-order chi connectivity index (χ1) is 15.3. The number of aliphatic hydroxyl groups excluding tert-OH is 4. The molecule has 4 N–H and O–H groups in total. The van der Waals surface area contributed by atoms with E-state index in [1.54, 1.807) is 6.07 Å². The van der Waals surface area contributed by atoms with Crippen LogP contribution in [0.5, 0.6) is 5.75 Å². The number of benzene rings is 2. The summed E-state index contributed by atoms with van der Waals surface area (Å²) in [4.78, 5) is 11.2. The second-order valence-electron chi connectivity index (χ2n) is 7.88. The van der Waals surface area contributed by atoms with Crippen molar-refractivity contribution in [2.45, 2.75) is 62.3 Å². The Kier molecular flexibility index (Phi) is 8.56. The smallest absolute Gasteiger partial charge is 0.302 e. The molecule has 0 spiro atoms. The van der Waals surface area contributed by atoms with E-state index in [0.29, 0.717) is 12.2 Å². The molecule has 1 aliphatic heterocycles. The van der Waals surface area contributed by atoms with E-state index in [4.69, 9.17) is 9.47 Å². The van der Waals surface area contributed by atoms with Crippen LogP contribution in [0.3, 0.4) is 0 Å². The quantitative estimate of drug-likeness (QED) is 0.439. The fourth-order valence-electron chi connectivity index (χ4n) is 3.53. The first-order valence-corrected chi connectivity index (χ1v) is 11.6. The van der Waals surface area contributed by atoms with Crippen LogP contribution in [0.4, 0.5) is 0 Å². The summed E-state index contributed by atoms with van der Waals surface area (Å²) < 4.78 is 11.2. The molecule has 8 heteroatoms. The van der Waals surface area contributed by atoms with Crippen molar-refractivity contribution in [3.05, 3.63) is 64.7 Å². The Morgan fingerprint density at radius 1 is 0.969 bits per heavy atom. The SMILES string of the molecule is CCc1ccc(Cc2ccc(COC(C)=O)cc2O[C@H]2S[C@@H](CO)[C@@H](O)[C@H](O)[C@H]2O)cc1. The molecule has 7 nitrogen and oxygen atoms in total. The third-order valence-electron chi connectivity index (χ3n) is 5.49. The molecule has 1 heterocycles. The lowest BCUT2D eigenvalue weighted by atomic mass is 10.0. The molecule has 0 unspecified atom stereocenters. The van der Waals surface area contributed by atoms with Gasteiger partial charge in [-0.2, -0.15) is 0 Å². The highest BCUT2D eigenvalue weighted by Gasteiger charge is 2.44. The van der Waals surface area contributed by atoms with Gasteiger partial charge in [0.2, 0.25) is 0 Å². The van der Waals surface area contributed by atoms with Gasteiger partial charge in [0.05, 0.1) is 18.0 Å². The summed E-state index contributed by atoms with van der Waals surface area (Å²) in [6.07, 6.45) is -2.50. The van der Waals surface area contributed by atoms with Crippen LogP contribution >= 0.6 is 11.8 Å². The maximum Gasteiger partial charge on any atom is 0.302 e. The van der Waals surface area contributed by atoms with Crippen LogP contribution < -0.4 is 4.74 Å². The molecular formula is C24H30O7S. The van der Waals surface area contributed by atoms with Crippen molar-refractivity contribution in [2.24, 2.45) is 0 Å². The first-order valence-electron chi connectivity index (χ1n) is 10.6. The molecule has 0 aliphatic carbocycles. The standard InChI is InChI=1S/C24H30O7S/c1-3-15-4-6-16(7-5-15)10-18-9-8-17(13-30-14(2)26)11-19(18)31-24-23(29)22(28)21(27)20(12-25)32-24/h4-9,11,20-25,27-29H,3,10,12-13H2,1-2H3/t20-,21+,22-,23+,24-/m0/s1. The number of carbonyl (C=O) groups excluding carboxylic acids is 1. The van der Waals surface area contributed by atoms with Crippen molar-refractivity contribution in [3.63, 3.8) is 0 Å². The minimum absolute atomic E-state index is 0.0815. The zero-order valence-electron chi connectivity index (χ0n) is 18.2. The van der Waals surface area contributed by atoms with Gasteiger partial charge in [0, 0.05) is 13.3 Å². The van der Waals surface area contributed by atoms with Crippen LogP contribution in [-0.2, 0) is 29.0 Å². The maximum atomic E-state index is 11.2. The van der Waals surface area contributed by atoms with Gasteiger partial charge in [0.15, 0.2) is 5.44 Å². The highest BCUT2D eigenvalue weighted by Crippen LogP contribution is 2.36. The topological polar surface area (TPSA) is 116 Å². The predicted octanol–water partition coefficient (Wildman–Crippen LogP) is 1.80. The van der Waals surface area contributed by atoms with Gasteiger partial charge >= 0.3 is 5.97 Å². The van der Waals surface area contributed by atoms with Crippen molar-refractivity contribution in [1.82, 2.24) is 0 Å². The van der Waals surface area contributed by atoms with E-state index in [9.17, 15) is 25.2 Å². The summed E-state index contributed by atoms with van der Waals surface area (Å²) in [5, 5.41) is 39.5. The van der Waals surface area contributed by atoms with E-state index in [-0.39, 0.29) is 13.2 Å². The molecule has 0 saturated carbocycles. The number of ether oxygens (including phenoxy) is 2. The number of aryl methyl sites for hydroxylation is 1. The fourth-order valence-corrected chi connectivity index (χ4v) is 4.77. The third-order valence-corrected chi connectivity index (χ3v) is 6.91. The lowest BCUT2D eigenvalue weighted by Crippen LogP contribution is -2.55. The number of hydrogen-bond donors (Lipinski definition) is 4. The van der Waals surface area contributed by atoms with Gasteiger partial charge in [0.25, 0.3) is 0 Å². The molecule has 3 rings (SSSR count). The van der Waals surface area contributed by atoms with E-state index >= 15 is 0 Å². The predicted molar refractivity (Wildman–Crippen MR) is 121 cm³/mol. The van der Waals surface area contributed by atoms with E-state index in [1.807, 2.05) is 12.1 Å². The largest absolute Gasteiger partial charge is 0.477 e. The van der Waals surface area contributed by atoms with Crippen LogP contribution in [-0.4, -0.2) is 62.0 Å². The molecule has 0 aromatic heterocycles. The van der Waals surface area contributed by atoms with Crippen LogP contribution in [0.2, 0.25) is 0 Å². The van der Waals surface area contributed by atoms with Gasteiger partial charge in [-0.05, 0) is 34.7 Å². The van der Waals surface area contributed by atoms with Crippen molar-refractivity contribution in [3.8, 4) is 5.75 Å². The second-order valence-corrected chi connectivity index (χ2v) is 9.23. The molecule has 2 aromatic carbocycles. The zero-order valence-corrected chi connectivity index (χ0v) is 19.0. The Morgan fingerprint density at radius 2 is 1.62 bits per heavy atom. The van der Waals surface area contributed by atoms with Crippen molar-refractivity contribution >= 4 is 17.7 Å². The molecule has 1 fully saturated rings. The number of esters is 1. The van der Waals surface area contributed by atoms with E-state index in [2.05, 4.69) is 31.2 Å². The lowest BCUT2D eigenvalue weighted by Gasteiger charge is -2.39. The fraction of sp³-hybridized carbons (Fsp3) is 0.458. The Bertz CT molecular complexity index is 900. The maximum absolute atomic E-state index is 11.2. The van der Waals surface area contributed by atoms with E-state index in [0.717, 1.165) is 34.9 Å². The van der Waals surface area contributed by atoms with Crippen LogP contribution in [0.15, 0.2) is 42.5 Å². The van der Waals surface area contributed by atoms with Gasteiger partial charge in [-0.3, -0.25) is 4.79 Å². The number of thioether (sulfide) groups is 1. The number of carbonyl (C=O) groups is 1. The van der Waals surface area contributed by atoms with Gasteiger partial charge < -0.3 is 29.9 Å². The zero-order chi connectivity index (χ0) is 23.3. The Hall–Kier alpha value is -2.10. The average Bonchev–Trinajstić information content (AvgIpc) is 2.79. The molecular weight excluding hydrogens is 432 g/mol. The van der Waals surface area contributed by atoms with Crippen LogP contribution in [0.25, 0.3) is 0 Å². The minimum atomic E-state index is -1.44. The van der Waals surface area contributed by atoms with E-state index < -0.39 is 35.0 Å². The summed E-state index contributed by atoms with van der Waals surface area (Å²) >= 11 is 1.07. The number of rotatable bonds is 8. The summed E-state index contributed by atoms with van der Waals surface area (Å²) in [7, 11) is 0. The normalized spacial score (nSPS) is 25.4. The van der Waals surface area contributed by atoms with E-state index in [1.165, 1.54) is 12.5 Å². The second kappa shape index (κ2) is 11.2. The monoisotopic (exact) mass is 462 g/mol. The van der Waals surface area contributed by atoms with Gasteiger partial charge in [-0.25, -0.2) is 0 Å². The minimum Gasteiger partial charge on any atom is -0.477 e. The lowest BCUT2D eigenvalue weighted by molar-refractivity contribution is -0.142. The van der Waals surface area contributed by atoms with Crippen molar-refractivity contribution in [2.75, 3.05) is 6.61 Å². The van der Waals surface area contributed by atoms with Crippen LogP contribution in [0.1, 0.15) is 36.1 Å². The third kappa shape index (κ3) is 6.02. The molecule has 2 aromatic rings. The highest BCUT2D eigenvalue weighted by atomic mass is 32.2. The number of hydrogen-bond acceptors (Lipinski definition) is 8. The molecule has 32 heavy (non-hydrogen) atoms. The molecule has 5 atom stereocenters. The molecule has 174 valence electrons. The molecule has 1 saturated heterocycles. The van der Waals surface area contributed by atoms with Gasteiger partial charge in [-0.1, -0.05) is 43.3 Å². The summed E-state index contributed by atoms with van der Waals surface area (Å²) in [6.45, 7) is 3.15. The average molecular weight is 463 g/mol. The first kappa shape index (κ1) is 24.5. The van der Waals surface area contributed by atoms with Gasteiger partial charge in [-0.15, -0.1) is 11.8 Å². The summed E-state index contributed by atoms with van der Waals surface area (Å²) in [5.74, 6) is 0.0831. The summed E-state index contributed by atoms with van der Waals surface area (Å²) in [6, 6.07) is 13.8. The summed E-state index contributed by atoms with van der Waals surface area (Å²) in [5.41, 5.74) is 3.01. The van der Waals surface area contributed by atoms with Crippen LogP contribution in [0, 0.1) is 0 Å². The van der Waals surface area contributed by atoms with Crippen molar-refractivity contribution in [1.29, 1.82) is 0 Å².